The third-order valence-electron chi connectivity index (χ3n) is 2.80. The summed E-state index contributed by atoms with van der Waals surface area (Å²) in [4.78, 5) is 13.4. The molecule has 0 atom stereocenters. The SMILES string of the molecule is CN(C(=O)c1cc(F)cc(F)c1)c1ccc(C#N)cc1. The van der Waals surface area contributed by atoms with Crippen molar-refractivity contribution in [2.75, 3.05) is 11.9 Å². The Balaban J connectivity index is 2.29. The molecule has 0 N–H and O–H groups in total. The smallest absolute Gasteiger partial charge is 0.258 e. The fourth-order valence-electron chi connectivity index (χ4n) is 1.75. The van der Waals surface area contributed by atoms with E-state index in [1.54, 1.807) is 24.3 Å². The summed E-state index contributed by atoms with van der Waals surface area (Å²) in [5.74, 6) is -2.14. The van der Waals surface area contributed by atoms with Gasteiger partial charge in [0.05, 0.1) is 11.6 Å². The zero-order valence-corrected chi connectivity index (χ0v) is 10.6. The summed E-state index contributed by atoms with van der Waals surface area (Å²) >= 11 is 0. The minimum Gasteiger partial charge on any atom is -0.311 e. The van der Waals surface area contributed by atoms with Gasteiger partial charge in [0.1, 0.15) is 11.6 Å². The molecule has 0 aliphatic rings. The van der Waals surface area contributed by atoms with Crippen LogP contribution in [-0.2, 0) is 0 Å². The Morgan fingerprint density at radius 2 is 1.65 bits per heavy atom. The van der Waals surface area contributed by atoms with E-state index in [1.165, 1.54) is 11.9 Å². The van der Waals surface area contributed by atoms with Crippen LogP contribution in [-0.4, -0.2) is 13.0 Å². The van der Waals surface area contributed by atoms with Crippen LogP contribution >= 0.6 is 0 Å². The van der Waals surface area contributed by atoms with E-state index in [0.29, 0.717) is 17.3 Å². The van der Waals surface area contributed by atoms with E-state index in [4.69, 9.17) is 5.26 Å². The molecule has 2 aromatic rings. The van der Waals surface area contributed by atoms with E-state index in [2.05, 4.69) is 0 Å². The minimum atomic E-state index is -0.804. The molecule has 0 fully saturated rings. The lowest BCUT2D eigenvalue weighted by molar-refractivity contribution is 0.0992. The van der Waals surface area contributed by atoms with Crippen LogP contribution in [0.2, 0.25) is 0 Å². The molecular weight excluding hydrogens is 262 g/mol. The van der Waals surface area contributed by atoms with Gasteiger partial charge in [-0.05, 0) is 36.4 Å². The predicted molar refractivity (Wildman–Crippen MR) is 70.2 cm³/mol. The van der Waals surface area contributed by atoms with Gasteiger partial charge in [0.2, 0.25) is 0 Å². The standard InChI is InChI=1S/C15H10F2N2O/c1-19(14-4-2-10(9-18)3-5-14)15(20)11-6-12(16)8-13(17)7-11/h2-8H,1H3. The third-order valence-corrected chi connectivity index (χ3v) is 2.80. The molecule has 0 unspecified atom stereocenters. The second-order valence-electron chi connectivity index (χ2n) is 4.18. The number of hydrogen-bond donors (Lipinski definition) is 0. The first-order valence-electron chi connectivity index (χ1n) is 5.75. The summed E-state index contributed by atoms with van der Waals surface area (Å²) in [6.45, 7) is 0. The molecule has 1 amide bonds. The van der Waals surface area contributed by atoms with Gasteiger partial charge in [0.15, 0.2) is 0 Å². The van der Waals surface area contributed by atoms with Crippen molar-refractivity contribution in [3.63, 3.8) is 0 Å². The van der Waals surface area contributed by atoms with Crippen molar-refractivity contribution >= 4 is 11.6 Å². The molecule has 0 aliphatic carbocycles. The van der Waals surface area contributed by atoms with Gasteiger partial charge >= 0.3 is 0 Å². The van der Waals surface area contributed by atoms with Gasteiger partial charge in [-0.1, -0.05) is 0 Å². The molecule has 0 bridgehead atoms. The molecule has 0 saturated carbocycles. The van der Waals surface area contributed by atoms with Gasteiger partial charge in [-0.15, -0.1) is 0 Å². The van der Waals surface area contributed by atoms with E-state index in [-0.39, 0.29) is 5.56 Å². The first-order valence-corrected chi connectivity index (χ1v) is 5.75. The van der Waals surface area contributed by atoms with Crippen molar-refractivity contribution < 1.29 is 13.6 Å². The van der Waals surface area contributed by atoms with Crippen LogP contribution in [0.15, 0.2) is 42.5 Å². The van der Waals surface area contributed by atoms with Gasteiger partial charge in [-0.25, -0.2) is 8.78 Å². The van der Waals surface area contributed by atoms with Gasteiger partial charge in [-0.3, -0.25) is 4.79 Å². The Labute approximate surface area is 114 Å². The highest BCUT2D eigenvalue weighted by atomic mass is 19.1. The third kappa shape index (κ3) is 2.81. The average molecular weight is 272 g/mol. The number of halogens is 2. The van der Waals surface area contributed by atoms with Crippen molar-refractivity contribution in [2.45, 2.75) is 0 Å². The Bertz CT molecular complexity index is 670. The molecule has 3 nitrogen and oxygen atoms in total. The van der Waals surface area contributed by atoms with Gasteiger partial charge in [-0.2, -0.15) is 5.26 Å². The number of nitriles is 1. The molecule has 0 radical (unpaired) electrons. The number of benzene rings is 2. The fraction of sp³-hybridized carbons (Fsp3) is 0.0667. The van der Waals surface area contributed by atoms with Crippen molar-refractivity contribution in [3.8, 4) is 6.07 Å². The quantitative estimate of drug-likeness (QED) is 0.843. The van der Waals surface area contributed by atoms with E-state index in [9.17, 15) is 13.6 Å². The summed E-state index contributed by atoms with van der Waals surface area (Å²) in [6, 6.07) is 10.9. The number of rotatable bonds is 2. The van der Waals surface area contributed by atoms with Crippen LogP contribution in [0.3, 0.4) is 0 Å². The zero-order valence-electron chi connectivity index (χ0n) is 10.6. The Hall–Kier alpha value is -2.74. The van der Waals surface area contributed by atoms with Crippen LogP contribution in [0, 0.1) is 23.0 Å². The monoisotopic (exact) mass is 272 g/mol. The second-order valence-corrected chi connectivity index (χ2v) is 4.18. The van der Waals surface area contributed by atoms with E-state index in [1.807, 2.05) is 6.07 Å². The summed E-state index contributed by atoms with van der Waals surface area (Å²) in [5, 5.41) is 8.70. The van der Waals surface area contributed by atoms with Crippen molar-refractivity contribution in [3.05, 3.63) is 65.2 Å². The highest BCUT2D eigenvalue weighted by molar-refractivity contribution is 6.05. The lowest BCUT2D eigenvalue weighted by Gasteiger charge is -2.17. The van der Waals surface area contributed by atoms with Crippen molar-refractivity contribution in [1.29, 1.82) is 5.26 Å². The number of amides is 1. The molecular formula is C15H10F2N2O. The summed E-state index contributed by atoms with van der Waals surface area (Å²) in [7, 11) is 1.49. The van der Waals surface area contributed by atoms with E-state index >= 15 is 0 Å². The molecule has 5 heteroatoms. The first-order chi connectivity index (χ1) is 9.51. The lowest BCUT2D eigenvalue weighted by atomic mass is 10.1. The molecule has 0 saturated heterocycles. The molecule has 0 heterocycles. The highest BCUT2D eigenvalue weighted by Crippen LogP contribution is 2.17. The molecule has 2 rings (SSSR count). The number of hydrogen-bond acceptors (Lipinski definition) is 2. The molecule has 0 spiro atoms. The van der Waals surface area contributed by atoms with E-state index < -0.39 is 17.5 Å². The average Bonchev–Trinajstić information content (AvgIpc) is 2.45. The van der Waals surface area contributed by atoms with Crippen LogP contribution < -0.4 is 4.90 Å². The predicted octanol–water partition coefficient (Wildman–Crippen LogP) is 3.11. The maximum atomic E-state index is 13.1. The van der Waals surface area contributed by atoms with Gasteiger partial charge in [0, 0.05) is 24.4 Å². The van der Waals surface area contributed by atoms with Crippen LogP contribution in [0.5, 0.6) is 0 Å². The Kier molecular flexibility index (Phi) is 3.76. The summed E-state index contributed by atoms with van der Waals surface area (Å²) < 4.78 is 26.2. The first kappa shape index (κ1) is 13.7. The number of carbonyl (C=O) groups is 1. The largest absolute Gasteiger partial charge is 0.311 e. The van der Waals surface area contributed by atoms with Gasteiger partial charge in [0.25, 0.3) is 5.91 Å². The Morgan fingerprint density at radius 3 is 2.15 bits per heavy atom. The summed E-state index contributed by atoms with van der Waals surface area (Å²) in [6.07, 6.45) is 0. The van der Waals surface area contributed by atoms with Crippen LogP contribution in [0.1, 0.15) is 15.9 Å². The topological polar surface area (TPSA) is 44.1 Å². The molecule has 0 aromatic heterocycles. The fourth-order valence-corrected chi connectivity index (χ4v) is 1.75. The van der Waals surface area contributed by atoms with Gasteiger partial charge < -0.3 is 4.90 Å². The molecule has 100 valence electrons. The molecule has 20 heavy (non-hydrogen) atoms. The van der Waals surface area contributed by atoms with E-state index in [0.717, 1.165) is 12.1 Å². The Morgan fingerprint density at radius 1 is 1.10 bits per heavy atom. The minimum absolute atomic E-state index is 0.0747. The number of carbonyl (C=O) groups excluding carboxylic acids is 1. The maximum absolute atomic E-state index is 13.1. The van der Waals surface area contributed by atoms with Crippen LogP contribution in [0.25, 0.3) is 0 Å². The molecule has 2 aromatic carbocycles. The van der Waals surface area contributed by atoms with Crippen molar-refractivity contribution in [1.82, 2.24) is 0 Å². The van der Waals surface area contributed by atoms with Crippen molar-refractivity contribution in [2.24, 2.45) is 0 Å². The van der Waals surface area contributed by atoms with Crippen LogP contribution in [0.4, 0.5) is 14.5 Å². The maximum Gasteiger partial charge on any atom is 0.258 e. The lowest BCUT2D eigenvalue weighted by Crippen LogP contribution is -2.26. The number of nitrogens with zero attached hydrogens (tertiary/aromatic N) is 2. The normalized spacial score (nSPS) is 9.90. The zero-order chi connectivity index (χ0) is 14.7. The summed E-state index contributed by atoms with van der Waals surface area (Å²) in [5.41, 5.74) is 0.916. The number of anilines is 1. The second kappa shape index (κ2) is 5.49. The highest BCUT2D eigenvalue weighted by Gasteiger charge is 2.15. The molecule has 0 aliphatic heterocycles.